The van der Waals surface area contributed by atoms with Gasteiger partial charge >= 0.3 is 0 Å². The minimum absolute atomic E-state index is 0.240. The van der Waals surface area contributed by atoms with Crippen LogP contribution in [0, 0.1) is 0 Å². The van der Waals surface area contributed by atoms with Gasteiger partial charge in [-0.3, -0.25) is 9.59 Å². The highest BCUT2D eigenvalue weighted by molar-refractivity contribution is 6.07. The largest absolute Gasteiger partial charge is 0.494 e. The van der Waals surface area contributed by atoms with Gasteiger partial charge in [-0.05, 0) is 85.6 Å². The van der Waals surface area contributed by atoms with Crippen LogP contribution >= 0.6 is 0 Å². The van der Waals surface area contributed by atoms with E-state index in [4.69, 9.17) is 9.47 Å². The first-order valence-electron chi connectivity index (χ1n) is 13.8. The van der Waals surface area contributed by atoms with Gasteiger partial charge in [0.1, 0.15) is 11.5 Å². The van der Waals surface area contributed by atoms with Gasteiger partial charge in [0.15, 0.2) is 0 Å². The van der Waals surface area contributed by atoms with Crippen molar-refractivity contribution in [2.45, 2.75) is 65.2 Å². The van der Waals surface area contributed by atoms with Crippen molar-refractivity contribution in [3.63, 3.8) is 0 Å². The summed E-state index contributed by atoms with van der Waals surface area (Å²) in [4.78, 5) is 25.3. The number of carbonyl (C=O) groups excluding carboxylic acids is 2. The van der Waals surface area contributed by atoms with Gasteiger partial charge < -0.3 is 20.1 Å². The smallest absolute Gasteiger partial charge is 0.255 e. The second-order valence-electron chi connectivity index (χ2n) is 9.35. The summed E-state index contributed by atoms with van der Waals surface area (Å²) in [5, 5.41) is 5.76. The SMILES string of the molecule is CCCCCCOc1ccc(NC(=O)c2ccc(C(=O)Nc3ccc(OCCCCCC)cc3)cc2)cc1. The van der Waals surface area contributed by atoms with Crippen molar-refractivity contribution in [1.82, 2.24) is 0 Å². The average molecular weight is 517 g/mol. The molecule has 6 nitrogen and oxygen atoms in total. The number of benzene rings is 3. The number of hydrogen-bond donors (Lipinski definition) is 2. The van der Waals surface area contributed by atoms with Crippen LogP contribution in [-0.4, -0.2) is 25.0 Å². The lowest BCUT2D eigenvalue weighted by atomic mass is 10.1. The maximum Gasteiger partial charge on any atom is 0.255 e. The van der Waals surface area contributed by atoms with Crippen LogP contribution in [0.25, 0.3) is 0 Å². The van der Waals surface area contributed by atoms with E-state index in [1.807, 2.05) is 48.5 Å². The number of amides is 2. The molecular formula is C32H40N2O4. The van der Waals surface area contributed by atoms with E-state index in [0.717, 1.165) is 24.3 Å². The molecule has 0 aliphatic heterocycles. The Hall–Kier alpha value is -3.80. The number of carbonyl (C=O) groups is 2. The first kappa shape index (κ1) is 28.8. The lowest BCUT2D eigenvalue weighted by Gasteiger charge is -2.10. The molecule has 6 heteroatoms. The Bertz CT molecular complexity index is 1020. The molecule has 0 radical (unpaired) electrons. The molecule has 2 amide bonds. The van der Waals surface area contributed by atoms with Crippen LogP contribution in [0.1, 0.15) is 85.9 Å². The van der Waals surface area contributed by atoms with Crippen molar-refractivity contribution in [3.05, 3.63) is 83.9 Å². The normalized spacial score (nSPS) is 10.6. The predicted octanol–water partition coefficient (Wildman–Crippen LogP) is 8.11. The van der Waals surface area contributed by atoms with Crippen LogP contribution in [0.4, 0.5) is 11.4 Å². The second-order valence-corrected chi connectivity index (χ2v) is 9.35. The molecule has 0 atom stereocenters. The molecule has 0 heterocycles. The fourth-order valence-corrected chi connectivity index (χ4v) is 3.89. The van der Waals surface area contributed by atoms with Crippen molar-refractivity contribution in [3.8, 4) is 11.5 Å². The number of nitrogens with one attached hydrogen (secondary N) is 2. The second kappa shape index (κ2) is 16.1. The number of rotatable bonds is 16. The van der Waals surface area contributed by atoms with Gasteiger partial charge in [-0.25, -0.2) is 0 Å². The van der Waals surface area contributed by atoms with Gasteiger partial charge in [-0.2, -0.15) is 0 Å². The molecule has 3 aromatic rings. The topological polar surface area (TPSA) is 76.7 Å². The van der Waals surface area contributed by atoms with E-state index in [9.17, 15) is 9.59 Å². The molecule has 3 aromatic carbocycles. The summed E-state index contributed by atoms with van der Waals surface area (Å²) in [7, 11) is 0. The molecule has 0 fully saturated rings. The summed E-state index contributed by atoms with van der Waals surface area (Å²) in [6.07, 6.45) is 9.29. The van der Waals surface area contributed by atoms with Gasteiger partial charge in [0.2, 0.25) is 0 Å². The zero-order chi connectivity index (χ0) is 27.0. The Morgan fingerprint density at radius 2 is 0.895 bits per heavy atom. The predicted molar refractivity (Wildman–Crippen MR) is 155 cm³/mol. The molecule has 38 heavy (non-hydrogen) atoms. The maximum atomic E-state index is 12.6. The van der Waals surface area contributed by atoms with Crippen LogP contribution in [0.5, 0.6) is 11.5 Å². The molecule has 0 bridgehead atoms. The quantitative estimate of drug-likeness (QED) is 0.189. The van der Waals surface area contributed by atoms with Crippen LogP contribution in [0.2, 0.25) is 0 Å². The standard InChI is InChI=1S/C32H40N2O4/c1-3-5-7-9-23-37-29-19-15-27(16-20-29)33-31(35)25-11-13-26(14-12-25)32(36)34-28-17-21-30(22-18-28)38-24-10-8-6-4-2/h11-22H,3-10,23-24H2,1-2H3,(H,33,35)(H,34,36). The average Bonchev–Trinajstić information content (AvgIpc) is 2.94. The third-order valence-electron chi connectivity index (χ3n) is 6.17. The summed E-state index contributed by atoms with van der Waals surface area (Å²) < 4.78 is 11.5. The van der Waals surface area contributed by atoms with Crippen molar-refractivity contribution in [2.75, 3.05) is 23.8 Å². The van der Waals surface area contributed by atoms with Crippen molar-refractivity contribution < 1.29 is 19.1 Å². The minimum Gasteiger partial charge on any atom is -0.494 e. The number of ether oxygens (including phenoxy) is 2. The van der Waals surface area contributed by atoms with Gasteiger partial charge in [0, 0.05) is 22.5 Å². The number of hydrogen-bond acceptors (Lipinski definition) is 4. The molecular weight excluding hydrogens is 476 g/mol. The molecule has 0 unspecified atom stereocenters. The van der Waals surface area contributed by atoms with E-state index >= 15 is 0 Å². The molecule has 2 N–H and O–H groups in total. The van der Waals surface area contributed by atoms with Gasteiger partial charge in [-0.1, -0.05) is 52.4 Å². The minimum atomic E-state index is -0.240. The Labute approximate surface area is 226 Å². The van der Waals surface area contributed by atoms with E-state index in [1.54, 1.807) is 24.3 Å². The number of anilines is 2. The maximum absolute atomic E-state index is 12.6. The van der Waals surface area contributed by atoms with Crippen LogP contribution < -0.4 is 20.1 Å². The van der Waals surface area contributed by atoms with Crippen LogP contribution in [-0.2, 0) is 0 Å². The monoisotopic (exact) mass is 516 g/mol. The van der Waals surface area contributed by atoms with Crippen LogP contribution in [0.15, 0.2) is 72.8 Å². The molecule has 0 aromatic heterocycles. The third kappa shape index (κ3) is 9.92. The Morgan fingerprint density at radius 3 is 1.24 bits per heavy atom. The third-order valence-corrected chi connectivity index (χ3v) is 6.17. The van der Waals surface area contributed by atoms with E-state index in [-0.39, 0.29) is 11.8 Å². The summed E-state index contributed by atoms with van der Waals surface area (Å²) >= 11 is 0. The van der Waals surface area contributed by atoms with Crippen molar-refractivity contribution >= 4 is 23.2 Å². The Morgan fingerprint density at radius 1 is 0.526 bits per heavy atom. The fourth-order valence-electron chi connectivity index (χ4n) is 3.89. The highest BCUT2D eigenvalue weighted by Crippen LogP contribution is 2.19. The van der Waals surface area contributed by atoms with Crippen molar-refractivity contribution in [2.24, 2.45) is 0 Å². The van der Waals surface area contributed by atoms with Gasteiger partial charge in [0.05, 0.1) is 13.2 Å². The molecule has 202 valence electrons. The van der Waals surface area contributed by atoms with E-state index in [2.05, 4.69) is 24.5 Å². The Balaban J connectivity index is 1.44. The molecule has 0 aliphatic carbocycles. The lowest BCUT2D eigenvalue weighted by Crippen LogP contribution is -2.14. The number of unbranched alkanes of at least 4 members (excludes halogenated alkanes) is 6. The molecule has 0 spiro atoms. The van der Waals surface area contributed by atoms with E-state index < -0.39 is 0 Å². The fraction of sp³-hybridized carbons (Fsp3) is 0.375. The summed E-state index contributed by atoms with van der Waals surface area (Å²) in [5.41, 5.74) is 2.31. The summed E-state index contributed by atoms with van der Waals surface area (Å²) in [5.74, 6) is 1.10. The van der Waals surface area contributed by atoms with E-state index in [0.29, 0.717) is 35.7 Å². The first-order valence-corrected chi connectivity index (χ1v) is 13.8. The zero-order valence-electron chi connectivity index (χ0n) is 22.6. The van der Waals surface area contributed by atoms with Gasteiger partial charge in [-0.15, -0.1) is 0 Å². The Kier molecular flexibility index (Phi) is 12.2. The molecule has 0 aliphatic rings. The van der Waals surface area contributed by atoms with Gasteiger partial charge in [0.25, 0.3) is 11.8 Å². The van der Waals surface area contributed by atoms with Crippen LogP contribution in [0.3, 0.4) is 0 Å². The highest BCUT2D eigenvalue weighted by Gasteiger charge is 2.10. The van der Waals surface area contributed by atoms with Crippen molar-refractivity contribution in [1.29, 1.82) is 0 Å². The molecule has 3 rings (SSSR count). The highest BCUT2D eigenvalue weighted by atomic mass is 16.5. The first-order chi connectivity index (χ1) is 18.6. The summed E-state index contributed by atoms with van der Waals surface area (Å²) in [6, 6.07) is 21.3. The summed E-state index contributed by atoms with van der Waals surface area (Å²) in [6.45, 7) is 5.77. The molecule has 0 saturated heterocycles. The lowest BCUT2D eigenvalue weighted by molar-refractivity contribution is 0.101. The molecule has 0 saturated carbocycles. The van der Waals surface area contributed by atoms with E-state index in [1.165, 1.54) is 38.5 Å². The zero-order valence-corrected chi connectivity index (χ0v) is 22.6.